The van der Waals surface area contributed by atoms with Crippen LogP contribution < -0.4 is 4.74 Å². The van der Waals surface area contributed by atoms with E-state index in [4.69, 9.17) is 4.74 Å². The van der Waals surface area contributed by atoms with Gasteiger partial charge in [0.2, 0.25) is 0 Å². The zero-order valence-electron chi connectivity index (χ0n) is 13.8. The minimum atomic E-state index is -0.159. The van der Waals surface area contributed by atoms with Crippen molar-refractivity contribution in [3.05, 3.63) is 63.9 Å². The van der Waals surface area contributed by atoms with Crippen LogP contribution in [-0.2, 0) is 13.1 Å². The molecule has 0 aromatic heterocycles. The Balaban J connectivity index is 1.55. The van der Waals surface area contributed by atoms with Crippen molar-refractivity contribution in [3.63, 3.8) is 0 Å². The minimum Gasteiger partial charge on any atom is -0.496 e. The maximum atomic E-state index is 13.3. The molecule has 0 radical (unpaired) electrons. The lowest BCUT2D eigenvalue weighted by Gasteiger charge is -2.35. The Morgan fingerprint density at radius 2 is 1.71 bits per heavy atom. The zero-order valence-corrected chi connectivity index (χ0v) is 15.4. The van der Waals surface area contributed by atoms with E-state index in [0.29, 0.717) is 0 Å². The van der Waals surface area contributed by atoms with Gasteiger partial charge in [-0.1, -0.05) is 28.1 Å². The monoisotopic (exact) mass is 392 g/mol. The molecule has 0 N–H and O–H groups in total. The first kappa shape index (κ1) is 17.4. The van der Waals surface area contributed by atoms with Crippen LogP contribution in [0.3, 0.4) is 0 Å². The average Bonchev–Trinajstić information content (AvgIpc) is 2.57. The van der Waals surface area contributed by atoms with Crippen LogP contribution in [0.5, 0.6) is 5.75 Å². The molecule has 1 saturated heterocycles. The summed E-state index contributed by atoms with van der Waals surface area (Å²) in [5, 5.41) is 0. The third kappa shape index (κ3) is 4.56. The molecule has 1 aliphatic heterocycles. The maximum absolute atomic E-state index is 13.3. The van der Waals surface area contributed by atoms with Crippen LogP contribution >= 0.6 is 15.9 Å². The molecule has 0 spiro atoms. The summed E-state index contributed by atoms with van der Waals surface area (Å²) < 4.78 is 19.8. The molecule has 0 saturated carbocycles. The molecule has 2 aromatic carbocycles. The Bertz CT molecular complexity index is 687. The van der Waals surface area contributed by atoms with E-state index < -0.39 is 0 Å². The topological polar surface area (TPSA) is 15.7 Å². The maximum Gasteiger partial charge on any atom is 0.123 e. The van der Waals surface area contributed by atoms with Gasteiger partial charge in [-0.05, 0) is 35.9 Å². The number of piperazine rings is 1. The number of hydrogen-bond acceptors (Lipinski definition) is 3. The van der Waals surface area contributed by atoms with Crippen LogP contribution in [0.15, 0.2) is 46.9 Å². The van der Waals surface area contributed by atoms with Gasteiger partial charge in [-0.2, -0.15) is 0 Å². The standard InChI is InChI=1S/C19H22BrFN2O/c1-24-19-6-5-17(20)12-16(19)14-23-9-7-22(8-10-23)13-15-3-2-4-18(21)11-15/h2-6,11-12H,7-10,13-14H2,1H3. The van der Waals surface area contributed by atoms with Crippen molar-refractivity contribution in [1.82, 2.24) is 9.80 Å². The number of benzene rings is 2. The summed E-state index contributed by atoms with van der Waals surface area (Å²) in [5.74, 6) is 0.772. The third-order valence-corrected chi connectivity index (χ3v) is 4.89. The normalized spacial score (nSPS) is 16.3. The highest BCUT2D eigenvalue weighted by Crippen LogP contribution is 2.24. The first-order valence-electron chi connectivity index (χ1n) is 8.15. The van der Waals surface area contributed by atoms with Crippen LogP contribution in [-0.4, -0.2) is 43.1 Å². The van der Waals surface area contributed by atoms with Crippen LogP contribution in [0.1, 0.15) is 11.1 Å². The van der Waals surface area contributed by atoms with Crippen molar-refractivity contribution < 1.29 is 9.13 Å². The van der Waals surface area contributed by atoms with Crippen LogP contribution in [0.25, 0.3) is 0 Å². The summed E-state index contributed by atoms with van der Waals surface area (Å²) >= 11 is 3.53. The second-order valence-corrected chi connectivity index (χ2v) is 7.05. The van der Waals surface area contributed by atoms with Crippen molar-refractivity contribution >= 4 is 15.9 Å². The summed E-state index contributed by atoms with van der Waals surface area (Å²) in [6, 6.07) is 13.0. The van der Waals surface area contributed by atoms with Crippen molar-refractivity contribution in [1.29, 1.82) is 0 Å². The molecule has 0 unspecified atom stereocenters. The molecule has 24 heavy (non-hydrogen) atoms. The second-order valence-electron chi connectivity index (χ2n) is 6.14. The summed E-state index contributed by atoms with van der Waals surface area (Å²) in [6.45, 7) is 5.69. The summed E-state index contributed by atoms with van der Waals surface area (Å²) in [7, 11) is 1.71. The molecule has 0 atom stereocenters. The van der Waals surface area contributed by atoms with E-state index in [1.807, 2.05) is 18.2 Å². The number of rotatable bonds is 5. The van der Waals surface area contributed by atoms with E-state index in [0.717, 1.165) is 55.1 Å². The van der Waals surface area contributed by atoms with Crippen molar-refractivity contribution in [2.45, 2.75) is 13.1 Å². The fraction of sp³-hybridized carbons (Fsp3) is 0.368. The predicted molar refractivity (Wildman–Crippen MR) is 97.6 cm³/mol. The smallest absolute Gasteiger partial charge is 0.123 e. The fourth-order valence-electron chi connectivity index (χ4n) is 3.11. The first-order valence-corrected chi connectivity index (χ1v) is 8.95. The van der Waals surface area contributed by atoms with Crippen molar-refractivity contribution in [2.75, 3.05) is 33.3 Å². The molecule has 3 nitrogen and oxygen atoms in total. The largest absolute Gasteiger partial charge is 0.496 e. The number of nitrogens with zero attached hydrogens (tertiary/aromatic N) is 2. The molecular weight excluding hydrogens is 371 g/mol. The summed E-state index contributed by atoms with van der Waals surface area (Å²) in [4.78, 5) is 4.82. The molecular formula is C19H22BrFN2O. The van der Waals surface area contributed by atoms with Gasteiger partial charge >= 0.3 is 0 Å². The van der Waals surface area contributed by atoms with Gasteiger partial charge in [-0.25, -0.2) is 4.39 Å². The molecule has 3 rings (SSSR count). The molecule has 5 heteroatoms. The van der Waals surface area contributed by atoms with E-state index in [1.165, 1.54) is 11.6 Å². The van der Waals surface area contributed by atoms with Crippen LogP contribution in [0, 0.1) is 5.82 Å². The number of ether oxygens (including phenoxy) is 1. The molecule has 0 aliphatic carbocycles. The second kappa shape index (κ2) is 8.10. The van der Waals surface area contributed by atoms with Crippen molar-refractivity contribution in [2.24, 2.45) is 0 Å². The third-order valence-electron chi connectivity index (χ3n) is 4.40. The van der Waals surface area contributed by atoms with E-state index >= 15 is 0 Å². The first-order chi connectivity index (χ1) is 11.6. The van der Waals surface area contributed by atoms with Gasteiger partial charge in [0, 0.05) is 49.3 Å². The average molecular weight is 393 g/mol. The highest BCUT2D eigenvalue weighted by molar-refractivity contribution is 9.10. The van der Waals surface area contributed by atoms with Gasteiger partial charge in [0.05, 0.1) is 7.11 Å². The summed E-state index contributed by atoms with van der Waals surface area (Å²) in [6.07, 6.45) is 0. The van der Waals surface area contributed by atoms with E-state index in [-0.39, 0.29) is 5.82 Å². The number of methoxy groups -OCH3 is 1. The van der Waals surface area contributed by atoms with Crippen LogP contribution in [0.2, 0.25) is 0 Å². The fourth-order valence-corrected chi connectivity index (χ4v) is 3.52. The SMILES string of the molecule is COc1ccc(Br)cc1CN1CCN(Cc2cccc(F)c2)CC1. The predicted octanol–water partition coefficient (Wildman–Crippen LogP) is 3.91. The molecule has 1 fully saturated rings. The van der Waals surface area contributed by atoms with Gasteiger partial charge in [0.1, 0.15) is 11.6 Å². The lowest BCUT2D eigenvalue weighted by Crippen LogP contribution is -2.45. The van der Waals surface area contributed by atoms with E-state index in [2.05, 4.69) is 31.8 Å². The van der Waals surface area contributed by atoms with Gasteiger partial charge in [0.15, 0.2) is 0 Å². The molecule has 2 aromatic rings. The van der Waals surface area contributed by atoms with Gasteiger partial charge in [0.25, 0.3) is 0 Å². The van der Waals surface area contributed by atoms with E-state index in [9.17, 15) is 4.39 Å². The Kier molecular flexibility index (Phi) is 5.87. The Morgan fingerprint density at radius 3 is 2.38 bits per heavy atom. The van der Waals surface area contributed by atoms with Crippen LogP contribution in [0.4, 0.5) is 4.39 Å². The van der Waals surface area contributed by atoms with E-state index in [1.54, 1.807) is 19.2 Å². The Labute approximate surface area is 151 Å². The lowest BCUT2D eigenvalue weighted by molar-refractivity contribution is 0.121. The molecule has 1 aliphatic rings. The van der Waals surface area contributed by atoms with Gasteiger partial charge in [-0.3, -0.25) is 9.80 Å². The molecule has 128 valence electrons. The Hall–Kier alpha value is -1.43. The zero-order chi connectivity index (χ0) is 16.9. The van der Waals surface area contributed by atoms with Crippen molar-refractivity contribution in [3.8, 4) is 5.75 Å². The quantitative estimate of drug-likeness (QED) is 0.766. The minimum absolute atomic E-state index is 0.159. The Morgan fingerprint density at radius 1 is 1.00 bits per heavy atom. The number of halogens is 2. The van der Waals surface area contributed by atoms with Gasteiger partial charge in [-0.15, -0.1) is 0 Å². The molecule has 0 amide bonds. The number of hydrogen-bond donors (Lipinski definition) is 0. The summed E-state index contributed by atoms with van der Waals surface area (Å²) in [5.41, 5.74) is 2.24. The highest BCUT2D eigenvalue weighted by atomic mass is 79.9. The molecule has 1 heterocycles. The molecule has 0 bridgehead atoms. The van der Waals surface area contributed by atoms with Gasteiger partial charge < -0.3 is 4.74 Å². The lowest BCUT2D eigenvalue weighted by atomic mass is 10.1. The highest BCUT2D eigenvalue weighted by Gasteiger charge is 2.18.